The molecular formula is C37H52O14. The maximum Gasteiger partial charge on any atom is 0.344 e. The van der Waals surface area contributed by atoms with Crippen LogP contribution < -0.4 is 0 Å². The van der Waals surface area contributed by atoms with Crippen molar-refractivity contribution in [2.45, 2.75) is 146 Å². The molecule has 1 aromatic carbocycles. The highest BCUT2D eigenvalue weighted by atomic mass is 16.8. The first-order valence-electron chi connectivity index (χ1n) is 17.6. The maximum absolute atomic E-state index is 13.1. The van der Waals surface area contributed by atoms with Crippen molar-refractivity contribution in [3.05, 3.63) is 48.0 Å². The molecule has 0 spiro atoms. The minimum absolute atomic E-state index is 0.221. The second kappa shape index (κ2) is 18.1. The SMILES string of the molecule is C=C(CC[C@]12O[C@H](C(=O)O)[C@@](O)(C(=O)O)[C@](C(=O)O)(O1)[C@H](OC(=O)CCCCCCCCCCC)[C@H]2O)[C@@H](OC(C)=O)[C@H](C)Cc1ccccc1. The Bertz CT molecular complexity index is 1400. The number of carbonyl (C=O) groups excluding carboxylic acids is 2. The minimum atomic E-state index is -3.87. The molecule has 0 amide bonds. The molecule has 2 fully saturated rings. The third-order valence-electron chi connectivity index (χ3n) is 9.75. The topological polar surface area (TPSA) is 223 Å². The Labute approximate surface area is 297 Å². The van der Waals surface area contributed by atoms with E-state index < -0.39 is 77.7 Å². The largest absolute Gasteiger partial charge is 0.479 e. The molecule has 14 nitrogen and oxygen atoms in total. The van der Waals surface area contributed by atoms with E-state index in [1.54, 1.807) is 0 Å². The van der Waals surface area contributed by atoms with Crippen molar-refractivity contribution in [2.75, 3.05) is 0 Å². The van der Waals surface area contributed by atoms with E-state index in [9.17, 15) is 49.5 Å². The Morgan fingerprint density at radius 1 is 0.902 bits per heavy atom. The molecule has 0 unspecified atom stereocenters. The number of carbonyl (C=O) groups is 5. The molecule has 51 heavy (non-hydrogen) atoms. The number of fused-ring (bicyclic) bond motifs is 2. The third-order valence-corrected chi connectivity index (χ3v) is 9.75. The van der Waals surface area contributed by atoms with Crippen LogP contribution in [0.15, 0.2) is 42.5 Å². The van der Waals surface area contributed by atoms with Crippen molar-refractivity contribution < 1.29 is 68.5 Å². The minimum Gasteiger partial charge on any atom is -0.479 e. The predicted octanol–water partition coefficient (Wildman–Crippen LogP) is 4.18. The van der Waals surface area contributed by atoms with Crippen molar-refractivity contribution in [3.8, 4) is 0 Å². The van der Waals surface area contributed by atoms with E-state index in [0.717, 1.165) is 44.1 Å². The normalized spacial score (nSPS) is 28.0. The Morgan fingerprint density at radius 3 is 2.02 bits per heavy atom. The number of hydrogen-bond acceptors (Lipinski definition) is 11. The highest BCUT2D eigenvalue weighted by Crippen LogP contribution is 2.56. The number of benzene rings is 1. The molecule has 2 heterocycles. The van der Waals surface area contributed by atoms with Crippen LogP contribution in [0.2, 0.25) is 0 Å². The fourth-order valence-electron chi connectivity index (χ4n) is 7.08. The number of aliphatic carboxylic acids is 3. The average molecular weight is 721 g/mol. The van der Waals surface area contributed by atoms with Crippen molar-refractivity contribution in [1.82, 2.24) is 0 Å². The van der Waals surface area contributed by atoms with Gasteiger partial charge in [0.1, 0.15) is 12.2 Å². The number of unbranched alkanes of at least 4 members (excludes halogenated alkanes) is 8. The summed E-state index contributed by atoms with van der Waals surface area (Å²) in [6.45, 7) is 9.19. The quantitative estimate of drug-likeness (QED) is 0.0644. The Hall–Kier alpha value is -3.85. The van der Waals surface area contributed by atoms with Gasteiger partial charge in [-0.2, -0.15) is 0 Å². The number of esters is 2. The Morgan fingerprint density at radius 2 is 1.49 bits per heavy atom. The van der Waals surface area contributed by atoms with Crippen LogP contribution >= 0.6 is 0 Å². The lowest BCUT2D eigenvalue weighted by molar-refractivity contribution is -0.374. The van der Waals surface area contributed by atoms with Crippen molar-refractivity contribution >= 4 is 29.8 Å². The second-order valence-electron chi connectivity index (χ2n) is 13.7. The maximum atomic E-state index is 13.1. The molecule has 14 heteroatoms. The molecule has 2 saturated heterocycles. The Kier molecular flexibility index (Phi) is 14.7. The first-order chi connectivity index (χ1) is 24.1. The van der Waals surface area contributed by atoms with Crippen molar-refractivity contribution in [1.29, 1.82) is 0 Å². The van der Waals surface area contributed by atoms with Crippen LogP contribution in [0.4, 0.5) is 0 Å². The molecule has 3 rings (SSSR count). The highest BCUT2D eigenvalue weighted by molar-refractivity contribution is 5.98. The van der Waals surface area contributed by atoms with Gasteiger partial charge in [-0.1, -0.05) is 102 Å². The van der Waals surface area contributed by atoms with Crippen LogP contribution in [0.1, 0.15) is 103 Å². The van der Waals surface area contributed by atoms with E-state index >= 15 is 0 Å². The number of aliphatic hydroxyl groups excluding tert-OH is 1. The van der Waals surface area contributed by atoms with Crippen LogP contribution in [-0.2, 0) is 49.3 Å². The van der Waals surface area contributed by atoms with Gasteiger partial charge in [-0.05, 0) is 30.4 Å². The zero-order chi connectivity index (χ0) is 38.0. The van der Waals surface area contributed by atoms with Gasteiger partial charge in [0.15, 0.2) is 6.10 Å². The summed E-state index contributed by atoms with van der Waals surface area (Å²) in [5, 5.41) is 53.6. The molecule has 1 aromatic rings. The van der Waals surface area contributed by atoms with E-state index in [4.69, 9.17) is 18.9 Å². The number of hydrogen-bond donors (Lipinski definition) is 5. The lowest BCUT2D eigenvalue weighted by Gasteiger charge is -2.48. The number of ether oxygens (including phenoxy) is 4. The van der Waals surface area contributed by atoms with Crippen LogP contribution in [0.3, 0.4) is 0 Å². The molecular weight excluding hydrogens is 668 g/mol. The molecule has 0 aliphatic carbocycles. The van der Waals surface area contributed by atoms with Gasteiger partial charge >= 0.3 is 29.8 Å². The standard InChI is InChI=1S/C37H52O14/c1-5-6-7-8-9-10-11-12-16-19-27(39)49-30-29(40)35(50-31(32(41)42)36(47,33(43)44)37(30,51-35)34(45)46)21-20-23(2)28(48-25(4)38)24(3)22-26-17-14-13-15-18-26/h13-15,17-18,24,28-31,40,47H,2,5-12,16,19-22H2,1,3-4H3,(H,41,42)(H,43,44)(H,45,46)/t24-,28-,29-,30-,31-,35+,36-,37+/m1/s1. The van der Waals surface area contributed by atoms with Gasteiger partial charge in [-0.3, -0.25) is 9.59 Å². The van der Waals surface area contributed by atoms with E-state index in [1.807, 2.05) is 37.3 Å². The molecule has 2 aliphatic rings. The van der Waals surface area contributed by atoms with E-state index in [2.05, 4.69) is 13.5 Å². The first-order valence-corrected chi connectivity index (χ1v) is 17.6. The van der Waals surface area contributed by atoms with Crippen LogP contribution in [0.5, 0.6) is 0 Å². The highest BCUT2D eigenvalue weighted by Gasteiger charge is 2.85. The molecule has 0 saturated carbocycles. The lowest BCUT2D eigenvalue weighted by Crippen LogP contribution is -2.78. The van der Waals surface area contributed by atoms with Crippen LogP contribution in [0, 0.1) is 5.92 Å². The molecule has 0 radical (unpaired) electrons. The van der Waals surface area contributed by atoms with Gasteiger partial charge in [0, 0.05) is 25.7 Å². The number of carboxylic acids is 3. The zero-order valence-corrected chi connectivity index (χ0v) is 29.6. The second-order valence-corrected chi connectivity index (χ2v) is 13.7. The summed E-state index contributed by atoms with van der Waals surface area (Å²) < 4.78 is 22.2. The summed E-state index contributed by atoms with van der Waals surface area (Å²) in [6.07, 6.45) is -0.464. The molecule has 5 N–H and O–H groups in total. The van der Waals surface area contributed by atoms with Crippen LogP contribution in [-0.4, -0.2) is 96.8 Å². The Balaban J connectivity index is 1.87. The van der Waals surface area contributed by atoms with Crippen LogP contribution in [0.25, 0.3) is 0 Å². The predicted molar refractivity (Wildman–Crippen MR) is 180 cm³/mol. The van der Waals surface area contributed by atoms with E-state index in [1.165, 1.54) is 13.3 Å². The van der Waals surface area contributed by atoms with Crippen molar-refractivity contribution in [3.63, 3.8) is 0 Å². The third kappa shape index (κ3) is 9.15. The van der Waals surface area contributed by atoms with Gasteiger partial charge in [-0.15, -0.1) is 0 Å². The van der Waals surface area contributed by atoms with E-state index in [0.29, 0.717) is 19.3 Å². The van der Waals surface area contributed by atoms with Gasteiger partial charge < -0.3 is 44.5 Å². The average Bonchev–Trinajstić information content (AvgIpc) is 3.29. The van der Waals surface area contributed by atoms with Gasteiger partial charge in [-0.25, -0.2) is 14.4 Å². The molecule has 2 bridgehead atoms. The molecule has 8 atom stereocenters. The molecule has 284 valence electrons. The van der Waals surface area contributed by atoms with E-state index in [-0.39, 0.29) is 24.3 Å². The van der Waals surface area contributed by atoms with Gasteiger partial charge in [0.2, 0.25) is 23.1 Å². The van der Waals surface area contributed by atoms with Gasteiger partial charge in [0.05, 0.1) is 0 Å². The van der Waals surface area contributed by atoms with Gasteiger partial charge in [0.25, 0.3) is 0 Å². The summed E-state index contributed by atoms with van der Waals surface area (Å²) in [4.78, 5) is 63.1. The zero-order valence-electron chi connectivity index (χ0n) is 29.6. The molecule has 2 aliphatic heterocycles. The first kappa shape index (κ1) is 41.6. The summed E-state index contributed by atoms with van der Waals surface area (Å²) in [7, 11) is 0. The van der Waals surface area contributed by atoms with Crippen molar-refractivity contribution in [2.24, 2.45) is 5.92 Å². The lowest BCUT2D eigenvalue weighted by atomic mass is 9.74. The summed E-state index contributed by atoms with van der Waals surface area (Å²) in [6, 6.07) is 9.32. The number of rotatable bonds is 22. The number of aliphatic hydroxyl groups is 2. The molecule has 0 aromatic heterocycles. The summed E-state index contributed by atoms with van der Waals surface area (Å²) in [5.74, 6) is -11.2. The summed E-state index contributed by atoms with van der Waals surface area (Å²) in [5.41, 5.74) is -6.17. The fraction of sp³-hybridized carbons (Fsp3) is 0.649. The smallest absolute Gasteiger partial charge is 0.344 e. The monoisotopic (exact) mass is 720 g/mol. The number of carboxylic acid groups (broad SMARTS) is 3. The fourth-order valence-corrected chi connectivity index (χ4v) is 7.08. The summed E-state index contributed by atoms with van der Waals surface area (Å²) >= 11 is 0.